The first-order valence-corrected chi connectivity index (χ1v) is 9.67. The number of halogens is 2. The third-order valence-electron chi connectivity index (χ3n) is 3.70. The standard InChI is InChI=1S/C18H16Cl2N2OS2/c1-12(17-5-3-7-25-17)22(11-16-4-2-6-23-16)18(24)21-15-9-13(19)8-14(20)10-15/h2-10,12H,11H2,1H3,(H,21,24)/t12-/m0/s1. The van der Waals surface area contributed by atoms with Crippen molar-refractivity contribution in [2.75, 3.05) is 5.32 Å². The van der Waals surface area contributed by atoms with Gasteiger partial charge in [0.1, 0.15) is 5.76 Å². The fraction of sp³-hybridized carbons (Fsp3) is 0.167. The van der Waals surface area contributed by atoms with Crippen molar-refractivity contribution in [1.29, 1.82) is 0 Å². The zero-order chi connectivity index (χ0) is 17.8. The van der Waals surface area contributed by atoms with Gasteiger partial charge in [-0.1, -0.05) is 29.3 Å². The third kappa shape index (κ3) is 4.76. The van der Waals surface area contributed by atoms with Gasteiger partial charge in [0.2, 0.25) is 0 Å². The van der Waals surface area contributed by atoms with Gasteiger partial charge in [-0.05, 0) is 60.9 Å². The van der Waals surface area contributed by atoms with Gasteiger partial charge in [-0.25, -0.2) is 0 Å². The van der Waals surface area contributed by atoms with Crippen LogP contribution in [0.4, 0.5) is 5.69 Å². The Bertz CT molecular complexity index is 815. The highest BCUT2D eigenvalue weighted by molar-refractivity contribution is 7.80. The van der Waals surface area contributed by atoms with E-state index in [4.69, 9.17) is 39.8 Å². The number of thiocarbonyl (C=S) groups is 1. The Labute approximate surface area is 166 Å². The molecule has 0 aliphatic carbocycles. The van der Waals surface area contributed by atoms with Crippen molar-refractivity contribution in [3.05, 3.63) is 74.8 Å². The van der Waals surface area contributed by atoms with E-state index in [2.05, 4.69) is 28.6 Å². The quantitative estimate of drug-likeness (QED) is 0.479. The number of nitrogens with zero attached hydrogens (tertiary/aromatic N) is 1. The van der Waals surface area contributed by atoms with Gasteiger partial charge in [-0.3, -0.25) is 0 Å². The molecular weight excluding hydrogens is 395 g/mol. The molecule has 3 aromatic rings. The molecule has 1 atom stereocenters. The number of nitrogens with one attached hydrogen (secondary N) is 1. The maximum Gasteiger partial charge on any atom is 0.174 e. The highest BCUT2D eigenvalue weighted by Gasteiger charge is 2.21. The number of hydrogen-bond acceptors (Lipinski definition) is 3. The van der Waals surface area contributed by atoms with Gasteiger partial charge in [-0.15, -0.1) is 11.3 Å². The maximum atomic E-state index is 6.08. The monoisotopic (exact) mass is 410 g/mol. The SMILES string of the molecule is C[C@@H](c1cccs1)N(Cc1ccco1)C(=S)Nc1cc(Cl)cc(Cl)c1. The lowest BCUT2D eigenvalue weighted by Gasteiger charge is -2.30. The maximum absolute atomic E-state index is 6.08. The van der Waals surface area contributed by atoms with Crippen LogP contribution in [0, 0.1) is 0 Å². The van der Waals surface area contributed by atoms with E-state index in [1.807, 2.05) is 18.2 Å². The second kappa shape index (κ2) is 8.23. The van der Waals surface area contributed by atoms with Crippen LogP contribution in [0.25, 0.3) is 0 Å². The summed E-state index contributed by atoms with van der Waals surface area (Å²) in [6, 6.07) is 13.3. The number of thiophene rings is 1. The molecule has 3 nitrogen and oxygen atoms in total. The number of rotatable bonds is 5. The molecule has 0 unspecified atom stereocenters. The molecule has 2 heterocycles. The summed E-state index contributed by atoms with van der Waals surface area (Å²) in [4.78, 5) is 3.30. The van der Waals surface area contributed by atoms with E-state index >= 15 is 0 Å². The summed E-state index contributed by atoms with van der Waals surface area (Å²) in [7, 11) is 0. The zero-order valence-corrected chi connectivity index (χ0v) is 16.6. The van der Waals surface area contributed by atoms with E-state index in [1.54, 1.807) is 35.8 Å². The Morgan fingerprint density at radius 3 is 2.60 bits per heavy atom. The highest BCUT2D eigenvalue weighted by Crippen LogP contribution is 2.28. The molecule has 25 heavy (non-hydrogen) atoms. The second-order valence-corrected chi connectivity index (χ2v) is 7.73. The molecule has 0 radical (unpaired) electrons. The highest BCUT2D eigenvalue weighted by atomic mass is 35.5. The van der Waals surface area contributed by atoms with E-state index in [0.29, 0.717) is 21.7 Å². The van der Waals surface area contributed by atoms with Crippen LogP contribution < -0.4 is 5.32 Å². The van der Waals surface area contributed by atoms with E-state index < -0.39 is 0 Å². The molecule has 3 rings (SSSR count). The lowest BCUT2D eigenvalue weighted by Crippen LogP contribution is -2.36. The number of hydrogen-bond donors (Lipinski definition) is 1. The molecule has 0 aliphatic rings. The largest absolute Gasteiger partial charge is 0.467 e. The number of benzene rings is 1. The Kier molecular flexibility index (Phi) is 6.02. The zero-order valence-electron chi connectivity index (χ0n) is 13.4. The Balaban J connectivity index is 1.83. The van der Waals surface area contributed by atoms with Crippen molar-refractivity contribution in [1.82, 2.24) is 4.90 Å². The molecule has 1 aromatic carbocycles. The van der Waals surface area contributed by atoms with Gasteiger partial charge in [-0.2, -0.15) is 0 Å². The second-order valence-electron chi connectivity index (χ2n) is 5.49. The molecule has 0 aliphatic heterocycles. The van der Waals surface area contributed by atoms with E-state index in [-0.39, 0.29) is 6.04 Å². The van der Waals surface area contributed by atoms with Crippen molar-refractivity contribution in [2.24, 2.45) is 0 Å². The smallest absolute Gasteiger partial charge is 0.174 e. The van der Waals surface area contributed by atoms with Gasteiger partial charge in [0, 0.05) is 20.6 Å². The first kappa shape index (κ1) is 18.3. The molecule has 0 saturated carbocycles. The average Bonchev–Trinajstić information content (AvgIpc) is 3.24. The van der Waals surface area contributed by atoms with Crippen LogP contribution in [0.1, 0.15) is 23.6 Å². The van der Waals surface area contributed by atoms with Gasteiger partial charge in [0.05, 0.1) is 18.8 Å². The number of furan rings is 1. The molecule has 130 valence electrons. The summed E-state index contributed by atoms with van der Waals surface area (Å²) in [6.45, 7) is 2.68. The summed E-state index contributed by atoms with van der Waals surface area (Å²) in [5, 5.41) is 6.98. The topological polar surface area (TPSA) is 28.4 Å². The van der Waals surface area contributed by atoms with Crippen LogP contribution in [-0.2, 0) is 6.54 Å². The van der Waals surface area contributed by atoms with E-state index in [9.17, 15) is 0 Å². The van der Waals surface area contributed by atoms with Crippen LogP contribution in [0.3, 0.4) is 0 Å². The fourth-order valence-corrected chi connectivity index (χ4v) is 4.12. The first-order chi connectivity index (χ1) is 12.0. The van der Waals surface area contributed by atoms with Crippen LogP contribution >= 0.6 is 46.8 Å². The van der Waals surface area contributed by atoms with E-state index in [1.165, 1.54) is 4.88 Å². The Morgan fingerprint density at radius 1 is 1.24 bits per heavy atom. The first-order valence-electron chi connectivity index (χ1n) is 7.62. The van der Waals surface area contributed by atoms with Gasteiger partial charge < -0.3 is 14.6 Å². The summed E-state index contributed by atoms with van der Waals surface area (Å²) in [6.07, 6.45) is 1.66. The van der Waals surface area contributed by atoms with Gasteiger partial charge in [0.25, 0.3) is 0 Å². The van der Waals surface area contributed by atoms with Crippen molar-refractivity contribution in [3.63, 3.8) is 0 Å². The van der Waals surface area contributed by atoms with Crippen LogP contribution in [0.5, 0.6) is 0 Å². The Morgan fingerprint density at radius 2 is 2.00 bits per heavy atom. The third-order valence-corrected chi connectivity index (χ3v) is 5.52. The molecular formula is C18H16Cl2N2OS2. The van der Waals surface area contributed by atoms with E-state index in [0.717, 1.165) is 11.4 Å². The molecule has 0 spiro atoms. The lowest BCUT2D eigenvalue weighted by molar-refractivity contribution is 0.306. The molecule has 1 N–H and O–H groups in total. The summed E-state index contributed by atoms with van der Waals surface area (Å²) >= 11 is 19.5. The van der Waals surface area contributed by atoms with Crippen molar-refractivity contribution >= 4 is 57.6 Å². The molecule has 2 aromatic heterocycles. The fourth-order valence-electron chi connectivity index (χ4n) is 2.46. The average molecular weight is 411 g/mol. The minimum Gasteiger partial charge on any atom is -0.467 e. The molecule has 0 bridgehead atoms. The van der Waals surface area contributed by atoms with Crippen molar-refractivity contribution in [2.45, 2.75) is 19.5 Å². The summed E-state index contributed by atoms with van der Waals surface area (Å²) < 4.78 is 5.50. The van der Waals surface area contributed by atoms with Crippen LogP contribution in [0.15, 0.2) is 58.5 Å². The van der Waals surface area contributed by atoms with Gasteiger partial charge in [0.15, 0.2) is 5.11 Å². The molecule has 7 heteroatoms. The minimum absolute atomic E-state index is 0.0970. The summed E-state index contributed by atoms with van der Waals surface area (Å²) in [5.74, 6) is 0.844. The van der Waals surface area contributed by atoms with Crippen molar-refractivity contribution in [3.8, 4) is 0 Å². The Hall–Kier alpha value is -1.53. The minimum atomic E-state index is 0.0970. The predicted octanol–water partition coefficient (Wildman–Crippen LogP) is 6.61. The lowest BCUT2D eigenvalue weighted by atomic mass is 10.2. The molecule has 0 fully saturated rings. The molecule has 0 saturated heterocycles. The van der Waals surface area contributed by atoms with Crippen molar-refractivity contribution < 1.29 is 4.42 Å². The van der Waals surface area contributed by atoms with Crippen LogP contribution in [-0.4, -0.2) is 10.0 Å². The van der Waals surface area contributed by atoms with Crippen LogP contribution in [0.2, 0.25) is 10.0 Å². The van der Waals surface area contributed by atoms with Gasteiger partial charge >= 0.3 is 0 Å². The summed E-state index contributed by atoms with van der Waals surface area (Å²) in [5.41, 5.74) is 0.755. The molecule has 0 amide bonds. The predicted molar refractivity (Wildman–Crippen MR) is 110 cm³/mol. The normalized spacial score (nSPS) is 12.0. The number of anilines is 1.